The molecule has 1 aromatic heterocycles. The van der Waals surface area contributed by atoms with E-state index in [4.69, 9.17) is 4.74 Å². The largest absolute Gasteiger partial charge is 0.497 e. The van der Waals surface area contributed by atoms with Crippen LogP contribution in [0.1, 0.15) is 23.6 Å². The zero-order valence-electron chi connectivity index (χ0n) is 13.7. The van der Waals surface area contributed by atoms with E-state index in [2.05, 4.69) is 22.5 Å². The van der Waals surface area contributed by atoms with Crippen LogP contribution in [0.3, 0.4) is 0 Å². The van der Waals surface area contributed by atoms with Gasteiger partial charge in [-0.2, -0.15) is 5.10 Å². The van der Waals surface area contributed by atoms with Crippen LogP contribution in [0, 0.1) is 6.92 Å². The van der Waals surface area contributed by atoms with Crippen LogP contribution in [0.5, 0.6) is 5.75 Å². The highest BCUT2D eigenvalue weighted by Gasteiger charge is 2.27. The molecule has 6 nitrogen and oxygen atoms in total. The molecule has 0 unspecified atom stereocenters. The van der Waals surface area contributed by atoms with E-state index in [1.54, 1.807) is 11.8 Å². The van der Waals surface area contributed by atoms with Gasteiger partial charge in [0.25, 0.3) is 0 Å². The monoisotopic (exact) mass is 314 g/mol. The Kier molecular flexibility index (Phi) is 4.23. The Bertz CT molecular complexity index is 693. The van der Waals surface area contributed by atoms with E-state index in [0.29, 0.717) is 5.92 Å². The number of methoxy groups -OCH3 is 1. The van der Waals surface area contributed by atoms with Gasteiger partial charge in [0.2, 0.25) is 0 Å². The molecule has 0 spiro atoms. The van der Waals surface area contributed by atoms with Crippen LogP contribution in [-0.4, -0.2) is 40.9 Å². The molecule has 1 aliphatic heterocycles. The van der Waals surface area contributed by atoms with Crippen molar-refractivity contribution in [1.82, 2.24) is 14.7 Å². The predicted octanol–water partition coefficient (Wildman–Crippen LogP) is 2.76. The molecule has 0 bridgehead atoms. The maximum Gasteiger partial charge on any atom is 0.321 e. The molecule has 2 amide bonds. The molecular formula is C17H22N4O2. The van der Waals surface area contributed by atoms with Crippen LogP contribution in [0.4, 0.5) is 10.5 Å². The topological polar surface area (TPSA) is 59.4 Å². The zero-order valence-corrected chi connectivity index (χ0v) is 13.7. The van der Waals surface area contributed by atoms with Gasteiger partial charge in [0.1, 0.15) is 5.75 Å². The first-order valence-corrected chi connectivity index (χ1v) is 7.77. The van der Waals surface area contributed by atoms with E-state index in [1.165, 1.54) is 5.56 Å². The van der Waals surface area contributed by atoms with Crippen molar-refractivity contribution >= 4 is 11.7 Å². The van der Waals surface area contributed by atoms with Gasteiger partial charge in [-0.15, -0.1) is 0 Å². The second-order valence-electron chi connectivity index (χ2n) is 5.94. The summed E-state index contributed by atoms with van der Waals surface area (Å²) in [6.07, 6.45) is 2.80. The van der Waals surface area contributed by atoms with Crippen LogP contribution in [-0.2, 0) is 7.05 Å². The summed E-state index contributed by atoms with van der Waals surface area (Å²) >= 11 is 0. The van der Waals surface area contributed by atoms with Crippen molar-refractivity contribution in [2.75, 3.05) is 25.5 Å². The standard InChI is InChI=1S/C17H22N4O2/c1-12-16(11-20(2)19-12)18-17(22)21-9-8-14(10-21)13-4-6-15(23-3)7-5-13/h4-7,11,14H,8-10H2,1-3H3,(H,18,22)/t14-/m0/s1. The fourth-order valence-corrected chi connectivity index (χ4v) is 3.01. The highest BCUT2D eigenvalue weighted by atomic mass is 16.5. The minimum absolute atomic E-state index is 0.0582. The molecule has 122 valence electrons. The number of rotatable bonds is 3. The number of hydrogen-bond acceptors (Lipinski definition) is 3. The first kappa shape index (κ1) is 15.4. The summed E-state index contributed by atoms with van der Waals surface area (Å²) in [5.41, 5.74) is 2.84. The number of carbonyl (C=O) groups excluding carboxylic acids is 1. The van der Waals surface area contributed by atoms with Gasteiger partial charge in [-0.25, -0.2) is 4.79 Å². The number of aryl methyl sites for hydroxylation is 2. The van der Waals surface area contributed by atoms with Gasteiger partial charge < -0.3 is 15.0 Å². The molecule has 1 saturated heterocycles. The predicted molar refractivity (Wildman–Crippen MR) is 88.9 cm³/mol. The molecule has 0 aliphatic carbocycles. The van der Waals surface area contributed by atoms with E-state index in [1.807, 2.05) is 37.2 Å². The zero-order chi connectivity index (χ0) is 16.4. The van der Waals surface area contributed by atoms with Gasteiger partial charge in [-0.3, -0.25) is 4.68 Å². The van der Waals surface area contributed by atoms with E-state index < -0.39 is 0 Å². The van der Waals surface area contributed by atoms with Gasteiger partial charge in [-0.1, -0.05) is 12.1 Å². The number of nitrogens with one attached hydrogen (secondary N) is 1. The van der Waals surface area contributed by atoms with Gasteiger partial charge in [-0.05, 0) is 31.0 Å². The Morgan fingerprint density at radius 2 is 2.09 bits per heavy atom. The summed E-state index contributed by atoms with van der Waals surface area (Å²) in [6, 6.07) is 8.04. The molecule has 1 aliphatic rings. The lowest BCUT2D eigenvalue weighted by Crippen LogP contribution is -2.32. The van der Waals surface area contributed by atoms with E-state index in [9.17, 15) is 4.79 Å². The molecule has 1 N–H and O–H groups in total. The Morgan fingerprint density at radius 1 is 1.35 bits per heavy atom. The number of urea groups is 1. The molecule has 0 saturated carbocycles. The number of benzene rings is 1. The van der Waals surface area contributed by atoms with Crippen LogP contribution in [0.15, 0.2) is 30.5 Å². The number of nitrogens with zero attached hydrogens (tertiary/aromatic N) is 3. The summed E-state index contributed by atoms with van der Waals surface area (Å²) < 4.78 is 6.89. The normalized spacial score (nSPS) is 17.3. The minimum Gasteiger partial charge on any atom is -0.497 e. The highest BCUT2D eigenvalue weighted by molar-refractivity contribution is 5.90. The Balaban J connectivity index is 1.62. The van der Waals surface area contributed by atoms with Gasteiger partial charge in [0.05, 0.1) is 18.5 Å². The van der Waals surface area contributed by atoms with Crippen LogP contribution < -0.4 is 10.1 Å². The van der Waals surface area contributed by atoms with Gasteiger partial charge in [0.15, 0.2) is 0 Å². The molecule has 1 fully saturated rings. The minimum atomic E-state index is -0.0582. The Labute approximate surface area is 136 Å². The van der Waals surface area contributed by atoms with Crippen molar-refractivity contribution in [1.29, 1.82) is 0 Å². The molecule has 23 heavy (non-hydrogen) atoms. The summed E-state index contributed by atoms with van der Waals surface area (Å²) in [4.78, 5) is 14.3. The van der Waals surface area contributed by atoms with E-state index >= 15 is 0 Å². The molecule has 2 heterocycles. The molecule has 1 atom stereocenters. The van der Waals surface area contributed by atoms with Gasteiger partial charge in [0, 0.05) is 32.3 Å². The maximum atomic E-state index is 12.4. The molecule has 6 heteroatoms. The average molecular weight is 314 g/mol. The number of aromatic nitrogens is 2. The van der Waals surface area contributed by atoms with Crippen LogP contribution in [0.2, 0.25) is 0 Å². The second kappa shape index (κ2) is 6.32. The molecule has 3 rings (SSSR count). The first-order valence-electron chi connectivity index (χ1n) is 7.77. The molecular weight excluding hydrogens is 292 g/mol. The lowest BCUT2D eigenvalue weighted by Gasteiger charge is -2.17. The van der Waals surface area contributed by atoms with Crippen LogP contribution >= 0.6 is 0 Å². The summed E-state index contributed by atoms with van der Waals surface area (Å²) in [6.45, 7) is 3.39. The smallest absolute Gasteiger partial charge is 0.321 e. The average Bonchev–Trinajstić information content (AvgIpc) is 3.15. The third-order valence-electron chi connectivity index (χ3n) is 4.32. The van der Waals surface area contributed by atoms with Crippen LogP contribution in [0.25, 0.3) is 0 Å². The summed E-state index contributed by atoms with van der Waals surface area (Å²) in [5, 5.41) is 7.19. The lowest BCUT2D eigenvalue weighted by molar-refractivity contribution is 0.222. The van der Waals surface area contributed by atoms with Crippen molar-refractivity contribution in [3.8, 4) is 5.75 Å². The van der Waals surface area contributed by atoms with Crippen molar-refractivity contribution in [3.05, 3.63) is 41.7 Å². The molecule has 0 radical (unpaired) electrons. The lowest BCUT2D eigenvalue weighted by atomic mass is 9.98. The number of likely N-dealkylation sites (tertiary alicyclic amines) is 1. The van der Waals surface area contributed by atoms with Gasteiger partial charge >= 0.3 is 6.03 Å². The number of anilines is 1. The Morgan fingerprint density at radius 3 is 2.70 bits per heavy atom. The number of ether oxygens (including phenoxy) is 1. The van der Waals surface area contributed by atoms with E-state index in [0.717, 1.165) is 36.6 Å². The summed E-state index contributed by atoms with van der Waals surface area (Å²) in [5.74, 6) is 1.23. The third kappa shape index (κ3) is 3.31. The number of carbonyl (C=O) groups is 1. The molecule has 1 aromatic carbocycles. The number of hydrogen-bond donors (Lipinski definition) is 1. The van der Waals surface area contributed by atoms with Crippen molar-refractivity contribution < 1.29 is 9.53 Å². The van der Waals surface area contributed by atoms with E-state index in [-0.39, 0.29) is 6.03 Å². The fourth-order valence-electron chi connectivity index (χ4n) is 3.01. The maximum absolute atomic E-state index is 12.4. The van der Waals surface area contributed by atoms with Crippen molar-refractivity contribution in [3.63, 3.8) is 0 Å². The SMILES string of the molecule is COc1ccc([C@H]2CCN(C(=O)Nc3cn(C)nc3C)C2)cc1. The highest BCUT2D eigenvalue weighted by Crippen LogP contribution is 2.29. The quantitative estimate of drug-likeness (QED) is 0.947. The number of amides is 2. The Hall–Kier alpha value is -2.50. The summed E-state index contributed by atoms with van der Waals surface area (Å²) in [7, 11) is 3.51. The molecule has 2 aromatic rings. The second-order valence-corrected chi connectivity index (χ2v) is 5.94. The van der Waals surface area contributed by atoms with Crippen molar-refractivity contribution in [2.45, 2.75) is 19.3 Å². The fraction of sp³-hybridized carbons (Fsp3) is 0.412. The first-order chi connectivity index (χ1) is 11.1. The van der Waals surface area contributed by atoms with Crippen molar-refractivity contribution in [2.24, 2.45) is 7.05 Å². The third-order valence-corrected chi connectivity index (χ3v) is 4.32.